The maximum atomic E-state index is 12.2. The van der Waals surface area contributed by atoms with E-state index in [1.165, 1.54) is 63.7 Å². The lowest BCUT2D eigenvalue weighted by Crippen LogP contribution is -2.49. The maximum Gasteiger partial charge on any atom is 0.251 e. The first-order chi connectivity index (χ1) is 12.3. The monoisotopic (exact) mass is 343 g/mol. The molecule has 2 heterocycles. The Labute approximate surface area is 152 Å². The minimum absolute atomic E-state index is 0.0583. The van der Waals surface area contributed by atoms with Crippen LogP contribution < -0.4 is 5.32 Å². The van der Waals surface area contributed by atoms with Crippen LogP contribution >= 0.6 is 0 Å². The summed E-state index contributed by atoms with van der Waals surface area (Å²) in [5.41, 5.74) is 2.09. The molecule has 2 aliphatic heterocycles. The van der Waals surface area contributed by atoms with Crippen LogP contribution in [0.5, 0.6) is 0 Å². The van der Waals surface area contributed by atoms with Crippen molar-refractivity contribution in [2.24, 2.45) is 0 Å². The number of rotatable bonds is 8. The summed E-state index contributed by atoms with van der Waals surface area (Å²) in [5.74, 6) is 0.0583. The van der Waals surface area contributed by atoms with Crippen LogP contribution in [0.2, 0.25) is 0 Å². The van der Waals surface area contributed by atoms with Crippen LogP contribution in [0.1, 0.15) is 67.8 Å². The molecule has 0 radical (unpaired) electrons. The number of carbonyl (C=O) groups is 1. The maximum absolute atomic E-state index is 12.2. The molecule has 0 spiro atoms. The largest absolute Gasteiger partial charge is 0.352 e. The highest BCUT2D eigenvalue weighted by molar-refractivity contribution is 5.94. The molecule has 1 aromatic rings. The number of benzene rings is 1. The first-order valence-electron chi connectivity index (χ1n) is 10.1. The van der Waals surface area contributed by atoms with E-state index >= 15 is 0 Å². The van der Waals surface area contributed by atoms with E-state index < -0.39 is 0 Å². The summed E-state index contributed by atoms with van der Waals surface area (Å²) >= 11 is 0. The molecule has 2 saturated heterocycles. The smallest absolute Gasteiger partial charge is 0.251 e. The van der Waals surface area contributed by atoms with E-state index in [9.17, 15) is 4.79 Å². The first kappa shape index (κ1) is 18.4. The summed E-state index contributed by atoms with van der Waals surface area (Å²) < 4.78 is 0. The summed E-state index contributed by atoms with van der Waals surface area (Å²) in [6.45, 7) is 7.71. The zero-order valence-electron chi connectivity index (χ0n) is 15.7. The zero-order valence-corrected chi connectivity index (χ0v) is 15.7. The van der Waals surface area contributed by atoms with Gasteiger partial charge in [0.25, 0.3) is 5.91 Å². The van der Waals surface area contributed by atoms with Crippen molar-refractivity contribution in [3.8, 4) is 0 Å². The summed E-state index contributed by atoms with van der Waals surface area (Å²) in [6, 6.07) is 8.21. The van der Waals surface area contributed by atoms with E-state index in [0.29, 0.717) is 6.17 Å². The van der Waals surface area contributed by atoms with Crippen LogP contribution in [0.25, 0.3) is 0 Å². The van der Waals surface area contributed by atoms with Gasteiger partial charge in [-0.1, -0.05) is 38.3 Å². The molecule has 3 rings (SSSR count). The van der Waals surface area contributed by atoms with Gasteiger partial charge in [-0.15, -0.1) is 0 Å². The molecule has 2 fully saturated rings. The third-order valence-electron chi connectivity index (χ3n) is 5.56. The van der Waals surface area contributed by atoms with Crippen LogP contribution in [0, 0.1) is 0 Å². The standard InChI is InChI=1S/C21H33N3O/c1-2-3-4-5-13-22-21(25)19-11-9-18(10-12-19)17-24-16-7-15-23-14-6-8-20(23)24/h9-12,20H,2-8,13-17H2,1H3,(H,22,25). The molecule has 0 aliphatic carbocycles. The topological polar surface area (TPSA) is 35.6 Å². The lowest BCUT2D eigenvalue weighted by atomic mass is 10.1. The van der Waals surface area contributed by atoms with Gasteiger partial charge < -0.3 is 5.32 Å². The van der Waals surface area contributed by atoms with Gasteiger partial charge in [0.05, 0.1) is 6.17 Å². The van der Waals surface area contributed by atoms with Crippen molar-refractivity contribution >= 4 is 5.91 Å². The lowest BCUT2D eigenvalue weighted by Gasteiger charge is -2.40. The third-order valence-corrected chi connectivity index (χ3v) is 5.56. The first-order valence-corrected chi connectivity index (χ1v) is 10.1. The fourth-order valence-corrected chi connectivity index (χ4v) is 4.15. The second-order valence-corrected chi connectivity index (χ2v) is 7.50. The normalized spacial score (nSPS) is 21.2. The van der Waals surface area contributed by atoms with Crippen molar-refractivity contribution in [3.63, 3.8) is 0 Å². The molecule has 0 saturated carbocycles. The van der Waals surface area contributed by atoms with Crippen molar-refractivity contribution < 1.29 is 4.79 Å². The summed E-state index contributed by atoms with van der Waals surface area (Å²) in [5, 5.41) is 3.03. The second kappa shape index (κ2) is 9.35. The van der Waals surface area contributed by atoms with Gasteiger partial charge >= 0.3 is 0 Å². The Bertz CT molecular complexity index is 543. The quantitative estimate of drug-likeness (QED) is 0.732. The highest BCUT2D eigenvalue weighted by Gasteiger charge is 2.32. The van der Waals surface area contributed by atoms with Gasteiger partial charge in [-0.25, -0.2) is 0 Å². The molecular weight excluding hydrogens is 310 g/mol. The minimum atomic E-state index is 0.0583. The van der Waals surface area contributed by atoms with E-state index in [1.807, 2.05) is 12.1 Å². The highest BCUT2D eigenvalue weighted by Crippen LogP contribution is 2.26. The van der Waals surface area contributed by atoms with Gasteiger partial charge in [0.1, 0.15) is 0 Å². The highest BCUT2D eigenvalue weighted by atomic mass is 16.1. The Hall–Kier alpha value is -1.39. The molecule has 0 bridgehead atoms. The molecule has 1 atom stereocenters. The molecule has 1 N–H and O–H groups in total. The molecule has 138 valence electrons. The van der Waals surface area contributed by atoms with Crippen LogP contribution in [0.4, 0.5) is 0 Å². The van der Waals surface area contributed by atoms with Crippen molar-refractivity contribution in [1.29, 1.82) is 0 Å². The summed E-state index contributed by atoms with van der Waals surface area (Å²) in [4.78, 5) is 17.4. The fourth-order valence-electron chi connectivity index (χ4n) is 4.15. The van der Waals surface area contributed by atoms with Crippen LogP contribution in [-0.4, -0.2) is 48.1 Å². The molecule has 1 unspecified atom stereocenters. The van der Waals surface area contributed by atoms with Gasteiger partial charge in [-0.3, -0.25) is 14.6 Å². The van der Waals surface area contributed by atoms with E-state index in [1.54, 1.807) is 0 Å². The molecule has 1 aromatic carbocycles. The third kappa shape index (κ3) is 5.05. The predicted octanol–water partition coefficient (Wildman–Crippen LogP) is 3.62. The van der Waals surface area contributed by atoms with Gasteiger partial charge in [0, 0.05) is 31.7 Å². The number of unbranched alkanes of at least 4 members (excludes halogenated alkanes) is 3. The van der Waals surface area contributed by atoms with Crippen LogP contribution in [0.3, 0.4) is 0 Å². The molecule has 1 amide bonds. The molecular formula is C21H33N3O. The summed E-state index contributed by atoms with van der Waals surface area (Å²) in [7, 11) is 0. The average Bonchev–Trinajstić information content (AvgIpc) is 3.12. The second-order valence-electron chi connectivity index (χ2n) is 7.50. The summed E-state index contributed by atoms with van der Waals surface area (Å²) in [6.07, 6.45) is 9.30. The molecule has 4 nitrogen and oxygen atoms in total. The zero-order chi connectivity index (χ0) is 17.5. The van der Waals surface area contributed by atoms with E-state index in [0.717, 1.165) is 25.1 Å². The number of amides is 1. The molecule has 0 aromatic heterocycles. The Morgan fingerprint density at radius 1 is 1.08 bits per heavy atom. The fraction of sp³-hybridized carbons (Fsp3) is 0.667. The Morgan fingerprint density at radius 2 is 1.88 bits per heavy atom. The Balaban J connectivity index is 1.47. The van der Waals surface area contributed by atoms with Gasteiger partial charge in [0.2, 0.25) is 0 Å². The number of hydrogen-bond donors (Lipinski definition) is 1. The van der Waals surface area contributed by atoms with Crippen LogP contribution in [-0.2, 0) is 6.54 Å². The predicted molar refractivity (Wildman–Crippen MR) is 103 cm³/mol. The Morgan fingerprint density at radius 3 is 2.68 bits per heavy atom. The number of carbonyl (C=O) groups excluding carboxylic acids is 1. The molecule has 25 heavy (non-hydrogen) atoms. The van der Waals surface area contributed by atoms with Crippen molar-refractivity contribution in [3.05, 3.63) is 35.4 Å². The SMILES string of the molecule is CCCCCCNC(=O)c1ccc(CN2CCCN3CCCC32)cc1. The number of hydrogen-bond acceptors (Lipinski definition) is 3. The number of nitrogens with one attached hydrogen (secondary N) is 1. The van der Waals surface area contributed by atoms with Crippen molar-refractivity contribution in [2.45, 2.75) is 64.6 Å². The van der Waals surface area contributed by atoms with E-state index in [-0.39, 0.29) is 5.91 Å². The van der Waals surface area contributed by atoms with Crippen LogP contribution in [0.15, 0.2) is 24.3 Å². The molecule has 4 heteroatoms. The minimum Gasteiger partial charge on any atom is -0.352 e. The average molecular weight is 344 g/mol. The van der Waals surface area contributed by atoms with Crippen molar-refractivity contribution in [2.75, 3.05) is 26.2 Å². The van der Waals surface area contributed by atoms with E-state index in [2.05, 4.69) is 34.2 Å². The van der Waals surface area contributed by atoms with Gasteiger partial charge in [-0.2, -0.15) is 0 Å². The molecule has 2 aliphatic rings. The lowest BCUT2D eigenvalue weighted by molar-refractivity contribution is 0.0287. The number of fused-ring (bicyclic) bond motifs is 1. The van der Waals surface area contributed by atoms with Gasteiger partial charge in [0.15, 0.2) is 0 Å². The number of nitrogens with zero attached hydrogens (tertiary/aromatic N) is 2. The Kier molecular flexibility index (Phi) is 6.88. The van der Waals surface area contributed by atoms with Gasteiger partial charge in [-0.05, 0) is 49.9 Å². The van der Waals surface area contributed by atoms with E-state index in [4.69, 9.17) is 0 Å². The van der Waals surface area contributed by atoms with Crippen molar-refractivity contribution in [1.82, 2.24) is 15.1 Å².